The van der Waals surface area contributed by atoms with E-state index in [1.807, 2.05) is 49.9 Å². The van der Waals surface area contributed by atoms with Gasteiger partial charge in [0.2, 0.25) is 15.9 Å². The summed E-state index contributed by atoms with van der Waals surface area (Å²) in [5.74, 6) is 0.942. The number of benzene rings is 2. The van der Waals surface area contributed by atoms with Crippen LogP contribution < -0.4 is 9.64 Å². The van der Waals surface area contributed by atoms with E-state index in [4.69, 9.17) is 4.74 Å². The highest BCUT2D eigenvalue weighted by atomic mass is 32.2. The predicted molar refractivity (Wildman–Crippen MR) is 128 cm³/mol. The molecule has 3 rings (SSSR count). The predicted octanol–water partition coefficient (Wildman–Crippen LogP) is 4.55. The minimum absolute atomic E-state index is 0.0841. The highest BCUT2D eigenvalue weighted by molar-refractivity contribution is 7.89. The lowest BCUT2D eigenvalue weighted by atomic mass is 10.0. The summed E-state index contributed by atoms with van der Waals surface area (Å²) >= 11 is 0. The maximum absolute atomic E-state index is 12.9. The molecule has 0 N–H and O–H groups in total. The number of anilines is 1. The molecule has 174 valence electrons. The smallest absolute Gasteiger partial charge is 0.243 e. The van der Waals surface area contributed by atoms with Crippen LogP contribution in [0.1, 0.15) is 50.7 Å². The summed E-state index contributed by atoms with van der Waals surface area (Å²) < 4.78 is 32.9. The van der Waals surface area contributed by atoms with Crippen LogP contribution in [0.15, 0.2) is 47.4 Å². The summed E-state index contributed by atoms with van der Waals surface area (Å²) in [5, 5.41) is 0. The molecule has 6 nitrogen and oxygen atoms in total. The highest BCUT2D eigenvalue weighted by Gasteiger charge is 2.26. The molecular formula is C25H34N2O4S. The Morgan fingerprint density at radius 3 is 2.59 bits per heavy atom. The van der Waals surface area contributed by atoms with E-state index < -0.39 is 10.0 Å². The molecule has 0 spiro atoms. The number of rotatable bonds is 10. The Hall–Kier alpha value is -2.38. The lowest BCUT2D eigenvalue weighted by Gasteiger charge is -2.30. The zero-order chi connectivity index (χ0) is 23.1. The molecule has 0 fully saturated rings. The lowest BCUT2D eigenvalue weighted by Crippen LogP contribution is -2.36. The van der Waals surface area contributed by atoms with Gasteiger partial charge in [-0.05, 0) is 74.1 Å². The fourth-order valence-electron chi connectivity index (χ4n) is 4.11. The van der Waals surface area contributed by atoms with Crippen molar-refractivity contribution in [2.75, 3.05) is 31.1 Å². The standard InChI is InChI=1S/C25H34N2O4S/c1-4-26(5-2)32(29,30)23-14-15-24-21(19-23)11-9-16-27(24)25(28)13-6-7-17-31-22-12-8-10-20(3)18-22/h8,10,12,14-15,18-19H,4-7,9,11,13,16-17H2,1-3H3. The number of carbonyl (C=O) groups is 1. The first-order valence-electron chi connectivity index (χ1n) is 11.5. The van der Waals surface area contributed by atoms with Gasteiger partial charge in [-0.1, -0.05) is 26.0 Å². The van der Waals surface area contributed by atoms with E-state index in [2.05, 4.69) is 0 Å². The number of nitrogens with zero attached hydrogens (tertiary/aromatic N) is 2. The van der Waals surface area contributed by atoms with Gasteiger partial charge in [0.1, 0.15) is 5.75 Å². The number of carbonyl (C=O) groups excluding carboxylic acids is 1. The van der Waals surface area contributed by atoms with Crippen molar-refractivity contribution in [2.24, 2.45) is 0 Å². The number of fused-ring (bicyclic) bond motifs is 1. The Morgan fingerprint density at radius 1 is 1.09 bits per heavy atom. The van der Waals surface area contributed by atoms with E-state index in [1.54, 1.807) is 18.2 Å². The van der Waals surface area contributed by atoms with E-state index in [1.165, 1.54) is 4.31 Å². The molecule has 0 unspecified atom stereocenters. The molecule has 1 aliphatic rings. The van der Waals surface area contributed by atoms with E-state index in [0.717, 1.165) is 48.2 Å². The molecule has 1 aliphatic heterocycles. The van der Waals surface area contributed by atoms with E-state index in [-0.39, 0.29) is 5.91 Å². The number of ether oxygens (including phenoxy) is 1. The molecule has 7 heteroatoms. The van der Waals surface area contributed by atoms with Gasteiger partial charge in [0.15, 0.2) is 0 Å². The Balaban J connectivity index is 1.58. The second-order valence-electron chi connectivity index (χ2n) is 8.15. The molecule has 2 aromatic rings. The first-order valence-corrected chi connectivity index (χ1v) is 12.9. The molecule has 0 saturated heterocycles. The second-order valence-corrected chi connectivity index (χ2v) is 10.1. The van der Waals surface area contributed by atoms with Crippen LogP contribution in [0.3, 0.4) is 0 Å². The van der Waals surface area contributed by atoms with Crippen LogP contribution in [0.2, 0.25) is 0 Å². The number of sulfonamides is 1. The fraction of sp³-hybridized carbons (Fsp3) is 0.480. The molecule has 1 heterocycles. The van der Waals surface area contributed by atoms with E-state index >= 15 is 0 Å². The first kappa shape index (κ1) is 24.3. The fourth-order valence-corrected chi connectivity index (χ4v) is 5.62. The van der Waals surface area contributed by atoms with Gasteiger partial charge in [0.25, 0.3) is 0 Å². The van der Waals surface area contributed by atoms with Gasteiger partial charge in [-0.25, -0.2) is 8.42 Å². The number of hydrogen-bond acceptors (Lipinski definition) is 4. The minimum Gasteiger partial charge on any atom is -0.494 e. The van der Waals surface area contributed by atoms with Gasteiger partial charge >= 0.3 is 0 Å². The Morgan fingerprint density at radius 2 is 1.88 bits per heavy atom. The maximum Gasteiger partial charge on any atom is 0.243 e. The molecule has 0 aromatic heterocycles. The van der Waals surface area contributed by atoms with Crippen LogP contribution in [-0.4, -0.2) is 44.9 Å². The normalized spacial score (nSPS) is 13.8. The highest BCUT2D eigenvalue weighted by Crippen LogP contribution is 2.31. The van der Waals surface area contributed by atoms with Gasteiger partial charge in [-0.2, -0.15) is 4.31 Å². The molecule has 0 atom stereocenters. The van der Waals surface area contributed by atoms with Crippen LogP contribution in [0.5, 0.6) is 5.75 Å². The van der Waals surface area contributed by atoms with Crippen LogP contribution >= 0.6 is 0 Å². The van der Waals surface area contributed by atoms with Gasteiger partial charge < -0.3 is 9.64 Å². The summed E-state index contributed by atoms with van der Waals surface area (Å²) in [7, 11) is -3.50. The van der Waals surface area contributed by atoms with E-state index in [0.29, 0.717) is 37.6 Å². The number of unbranched alkanes of at least 4 members (excludes halogenated alkanes) is 1. The Labute approximate surface area is 192 Å². The molecule has 0 bridgehead atoms. The zero-order valence-corrected chi connectivity index (χ0v) is 20.2. The summed E-state index contributed by atoms with van der Waals surface area (Å²) in [4.78, 5) is 15.0. The van der Waals surface area contributed by atoms with Crippen molar-refractivity contribution in [1.82, 2.24) is 4.31 Å². The molecule has 0 aliphatic carbocycles. The number of amides is 1. The molecular weight excluding hydrogens is 424 g/mol. The van der Waals surface area contributed by atoms with Gasteiger partial charge in [0.05, 0.1) is 11.5 Å². The van der Waals surface area contributed by atoms with Crippen molar-refractivity contribution in [3.05, 3.63) is 53.6 Å². The largest absolute Gasteiger partial charge is 0.494 e. The topological polar surface area (TPSA) is 66.9 Å². The number of aryl methyl sites for hydroxylation is 2. The molecule has 2 aromatic carbocycles. The monoisotopic (exact) mass is 458 g/mol. The summed E-state index contributed by atoms with van der Waals surface area (Å²) in [6.07, 6.45) is 3.64. The van der Waals surface area contributed by atoms with Crippen molar-refractivity contribution in [3.63, 3.8) is 0 Å². The minimum atomic E-state index is -3.50. The third kappa shape index (κ3) is 5.70. The summed E-state index contributed by atoms with van der Waals surface area (Å²) in [5.41, 5.74) is 2.94. The Kier molecular flexibility index (Phi) is 8.32. The summed E-state index contributed by atoms with van der Waals surface area (Å²) in [6, 6.07) is 13.1. The number of hydrogen-bond donors (Lipinski definition) is 0. The third-order valence-electron chi connectivity index (χ3n) is 5.86. The van der Waals surface area contributed by atoms with Crippen LogP contribution in [0.25, 0.3) is 0 Å². The van der Waals surface area contributed by atoms with Crippen molar-refractivity contribution in [3.8, 4) is 5.75 Å². The van der Waals surface area contributed by atoms with Crippen LogP contribution in [0.4, 0.5) is 5.69 Å². The Bertz CT molecular complexity index is 1030. The van der Waals surface area contributed by atoms with Crippen LogP contribution in [-0.2, 0) is 21.2 Å². The zero-order valence-electron chi connectivity index (χ0n) is 19.3. The average Bonchev–Trinajstić information content (AvgIpc) is 2.78. The maximum atomic E-state index is 12.9. The van der Waals surface area contributed by atoms with Gasteiger partial charge in [-0.15, -0.1) is 0 Å². The SMILES string of the molecule is CCN(CC)S(=O)(=O)c1ccc2c(c1)CCCN2C(=O)CCCCOc1cccc(C)c1. The molecule has 0 saturated carbocycles. The first-order chi connectivity index (χ1) is 15.4. The van der Waals surface area contributed by atoms with Gasteiger partial charge in [-0.3, -0.25) is 4.79 Å². The van der Waals surface area contributed by atoms with Gasteiger partial charge in [0, 0.05) is 31.7 Å². The van der Waals surface area contributed by atoms with Crippen molar-refractivity contribution in [1.29, 1.82) is 0 Å². The summed E-state index contributed by atoms with van der Waals surface area (Å²) in [6.45, 7) is 7.84. The van der Waals surface area contributed by atoms with Crippen molar-refractivity contribution in [2.45, 2.75) is 57.8 Å². The quantitative estimate of drug-likeness (QED) is 0.490. The molecule has 0 radical (unpaired) electrons. The molecule has 32 heavy (non-hydrogen) atoms. The molecule has 1 amide bonds. The lowest BCUT2D eigenvalue weighted by molar-refractivity contribution is -0.118. The van der Waals surface area contributed by atoms with Crippen LogP contribution in [0, 0.1) is 6.92 Å². The van der Waals surface area contributed by atoms with E-state index in [9.17, 15) is 13.2 Å². The van der Waals surface area contributed by atoms with Crippen molar-refractivity contribution < 1.29 is 17.9 Å². The van der Waals surface area contributed by atoms with Crippen molar-refractivity contribution >= 4 is 21.6 Å². The third-order valence-corrected chi connectivity index (χ3v) is 7.90. The average molecular weight is 459 g/mol. The second kappa shape index (κ2) is 11.0.